The summed E-state index contributed by atoms with van der Waals surface area (Å²) < 4.78 is 0. The first-order valence-electron chi connectivity index (χ1n) is 6.81. The minimum atomic E-state index is -0.436. The van der Waals surface area contributed by atoms with Crippen molar-refractivity contribution in [2.75, 3.05) is 44.2 Å². The van der Waals surface area contributed by atoms with Gasteiger partial charge in [0.2, 0.25) is 0 Å². The number of rotatable bonds is 5. The second-order valence-corrected chi connectivity index (χ2v) is 4.81. The van der Waals surface area contributed by atoms with Crippen LogP contribution in [0, 0.1) is 0 Å². The maximum atomic E-state index is 10.5. The molecule has 1 aliphatic heterocycles. The third-order valence-corrected chi connectivity index (χ3v) is 3.44. The number of nitrogens with one attached hydrogen (secondary N) is 1. The van der Waals surface area contributed by atoms with Crippen molar-refractivity contribution in [2.45, 2.75) is 6.42 Å². The fraction of sp³-hybridized carbons (Fsp3) is 0.500. The Bertz CT molecular complexity index is 388. The molecule has 104 valence electrons. The van der Waals surface area contributed by atoms with Crippen molar-refractivity contribution in [3.8, 4) is 0 Å². The molecule has 0 spiro atoms. The number of primary amides is 1. The maximum Gasteiger partial charge on any atom is 0.312 e. The second kappa shape index (κ2) is 6.99. The monoisotopic (exact) mass is 262 g/mol. The Morgan fingerprint density at radius 3 is 2.47 bits per heavy atom. The molecule has 2 rings (SSSR count). The normalized spacial score (nSPS) is 16.3. The van der Waals surface area contributed by atoms with Gasteiger partial charge in [0.25, 0.3) is 0 Å². The van der Waals surface area contributed by atoms with Gasteiger partial charge in [-0.2, -0.15) is 0 Å². The van der Waals surface area contributed by atoms with E-state index in [4.69, 9.17) is 5.73 Å². The summed E-state index contributed by atoms with van der Waals surface area (Å²) in [6.07, 6.45) is 0.953. The molecule has 1 heterocycles. The summed E-state index contributed by atoms with van der Waals surface area (Å²) in [4.78, 5) is 15.4. The molecule has 0 atom stereocenters. The molecular formula is C14H22N4O. The molecule has 1 aliphatic rings. The van der Waals surface area contributed by atoms with Crippen LogP contribution in [-0.4, -0.2) is 50.2 Å². The Morgan fingerprint density at radius 1 is 1.16 bits per heavy atom. The van der Waals surface area contributed by atoms with Crippen LogP contribution in [0.5, 0.6) is 0 Å². The smallest absolute Gasteiger partial charge is 0.312 e. The van der Waals surface area contributed by atoms with Crippen molar-refractivity contribution in [1.82, 2.24) is 10.2 Å². The van der Waals surface area contributed by atoms with Crippen LogP contribution >= 0.6 is 0 Å². The van der Waals surface area contributed by atoms with Crippen molar-refractivity contribution < 1.29 is 4.79 Å². The predicted molar refractivity (Wildman–Crippen MR) is 77.3 cm³/mol. The van der Waals surface area contributed by atoms with Crippen LogP contribution in [-0.2, 0) is 0 Å². The molecule has 0 unspecified atom stereocenters. The van der Waals surface area contributed by atoms with Crippen molar-refractivity contribution in [3.05, 3.63) is 30.3 Å². The molecular weight excluding hydrogens is 240 g/mol. The third-order valence-electron chi connectivity index (χ3n) is 3.44. The summed E-state index contributed by atoms with van der Waals surface area (Å²) in [6, 6.07) is 10.1. The summed E-state index contributed by atoms with van der Waals surface area (Å²) in [7, 11) is 0. The van der Waals surface area contributed by atoms with E-state index in [9.17, 15) is 4.79 Å². The molecule has 0 aromatic heterocycles. The van der Waals surface area contributed by atoms with E-state index in [1.54, 1.807) is 0 Å². The Labute approximate surface area is 114 Å². The fourth-order valence-corrected chi connectivity index (χ4v) is 2.38. The highest BCUT2D eigenvalue weighted by Gasteiger charge is 2.16. The number of anilines is 1. The second-order valence-electron chi connectivity index (χ2n) is 4.81. The van der Waals surface area contributed by atoms with Crippen molar-refractivity contribution in [2.24, 2.45) is 5.73 Å². The van der Waals surface area contributed by atoms with E-state index in [1.165, 1.54) is 5.69 Å². The van der Waals surface area contributed by atoms with E-state index in [0.29, 0.717) is 6.54 Å². The van der Waals surface area contributed by atoms with Gasteiger partial charge in [0, 0.05) is 38.4 Å². The molecule has 1 aromatic rings. The standard InChI is InChI=1S/C14H22N4O/c15-14(19)16-7-4-8-17-9-11-18(12-10-17)13-5-2-1-3-6-13/h1-3,5-6H,4,7-12H2,(H3,15,16,19). The number of nitrogens with two attached hydrogens (primary N) is 1. The summed E-state index contributed by atoms with van der Waals surface area (Å²) >= 11 is 0. The van der Waals surface area contributed by atoms with Crippen LogP contribution in [0.15, 0.2) is 30.3 Å². The predicted octanol–water partition coefficient (Wildman–Crippen LogP) is 0.867. The van der Waals surface area contributed by atoms with Crippen LogP contribution < -0.4 is 16.0 Å². The summed E-state index contributed by atoms with van der Waals surface area (Å²) in [6.45, 7) is 5.95. The number of hydrogen-bond acceptors (Lipinski definition) is 3. The van der Waals surface area contributed by atoms with Gasteiger partial charge in [-0.3, -0.25) is 4.90 Å². The first kappa shape index (κ1) is 13.7. The molecule has 5 heteroatoms. The summed E-state index contributed by atoms with van der Waals surface area (Å²) in [5.41, 5.74) is 6.33. The summed E-state index contributed by atoms with van der Waals surface area (Å²) in [5, 5.41) is 2.62. The molecule has 2 amide bonds. The van der Waals surface area contributed by atoms with E-state index >= 15 is 0 Å². The third kappa shape index (κ3) is 4.44. The van der Waals surface area contributed by atoms with Gasteiger partial charge in [-0.15, -0.1) is 0 Å². The minimum absolute atomic E-state index is 0.436. The van der Waals surface area contributed by atoms with E-state index < -0.39 is 6.03 Å². The fourth-order valence-electron chi connectivity index (χ4n) is 2.38. The van der Waals surface area contributed by atoms with Crippen molar-refractivity contribution in [3.63, 3.8) is 0 Å². The highest BCUT2D eigenvalue weighted by Crippen LogP contribution is 2.15. The largest absolute Gasteiger partial charge is 0.369 e. The van der Waals surface area contributed by atoms with Crippen LogP contribution in [0.25, 0.3) is 0 Å². The van der Waals surface area contributed by atoms with Gasteiger partial charge >= 0.3 is 6.03 Å². The van der Waals surface area contributed by atoms with Gasteiger partial charge in [0.15, 0.2) is 0 Å². The topological polar surface area (TPSA) is 61.6 Å². The lowest BCUT2D eigenvalue weighted by Crippen LogP contribution is -2.47. The first-order chi connectivity index (χ1) is 9.25. The Balaban J connectivity index is 1.67. The number of nitrogens with zero attached hydrogens (tertiary/aromatic N) is 2. The number of para-hydroxylation sites is 1. The number of amides is 2. The van der Waals surface area contributed by atoms with E-state index in [1.807, 2.05) is 6.07 Å². The molecule has 1 fully saturated rings. The Kier molecular flexibility index (Phi) is 5.03. The highest BCUT2D eigenvalue weighted by molar-refractivity contribution is 5.71. The number of urea groups is 1. The van der Waals surface area contributed by atoms with Crippen LogP contribution in [0.1, 0.15) is 6.42 Å². The van der Waals surface area contributed by atoms with Crippen molar-refractivity contribution in [1.29, 1.82) is 0 Å². The number of carbonyl (C=O) groups excluding carboxylic acids is 1. The molecule has 1 saturated heterocycles. The Hall–Kier alpha value is -1.75. The zero-order valence-electron chi connectivity index (χ0n) is 11.2. The van der Waals surface area contributed by atoms with Gasteiger partial charge < -0.3 is 16.0 Å². The van der Waals surface area contributed by atoms with Crippen LogP contribution in [0.2, 0.25) is 0 Å². The molecule has 5 nitrogen and oxygen atoms in total. The lowest BCUT2D eigenvalue weighted by Gasteiger charge is -2.36. The van der Waals surface area contributed by atoms with Crippen LogP contribution in [0.4, 0.5) is 10.5 Å². The van der Waals surface area contributed by atoms with Crippen LogP contribution in [0.3, 0.4) is 0 Å². The lowest BCUT2D eigenvalue weighted by molar-refractivity contribution is 0.242. The van der Waals surface area contributed by atoms with Gasteiger partial charge in [-0.25, -0.2) is 4.79 Å². The molecule has 1 aromatic carbocycles. The minimum Gasteiger partial charge on any atom is -0.369 e. The van der Waals surface area contributed by atoms with Gasteiger partial charge in [0.05, 0.1) is 0 Å². The average Bonchev–Trinajstić information content (AvgIpc) is 2.45. The lowest BCUT2D eigenvalue weighted by atomic mass is 10.2. The van der Waals surface area contributed by atoms with E-state index in [2.05, 4.69) is 39.4 Å². The summed E-state index contributed by atoms with van der Waals surface area (Å²) in [5.74, 6) is 0. The van der Waals surface area contributed by atoms with Crippen molar-refractivity contribution >= 4 is 11.7 Å². The highest BCUT2D eigenvalue weighted by atomic mass is 16.2. The zero-order chi connectivity index (χ0) is 13.5. The number of benzene rings is 1. The molecule has 0 aliphatic carbocycles. The Morgan fingerprint density at radius 2 is 1.84 bits per heavy atom. The number of piperazine rings is 1. The quantitative estimate of drug-likeness (QED) is 0.774. The molecule has 0 radical (unpaired) electrons. The number of carbonyl (C=O) groups is 1. The van der Waals surface area contributed by atoms with E-state index in [-0.39, 0.29) is 0 Å². The van der Waals surface area contributed by atoms with E-state index in [0.717, 1.165) is 39.1 Å². The number of hydrogen-bond donors (Lipinski definition) is 2. The molecule has 3 N–H and O–H groups in total. The molecule has 19 heavy (non-hydrogen) atoms. The maximum absolute atomic E-state index is 10.5. The SMILES string of the molecule is NC(=O)NCCCN1CCN(c2ccccc2)CC1. The van der Waals surface area contributed by atoms with Gasteiger partial charge in [0.1, 0.15) is 0 Å². The first-order valence-corrected chi connectivity index (χ1v) is 6.81. The average molecular weight is 262 g/mol. The molecule has 0 saturated carbocycles. The molecule has 0 bridgehead atoms. The van der Waals surface area contributed by atoms with Gasteiger partial charge in [-0.1, -0.05) is 18.2 Å². The zero-order valence-corrected chi connectivity index (χ0v) is 11.2. The van der Waals surface area contributed by atoms with Gasteiger partial charge in [-0.05, 0) is 25.1 Å².